The van der Waals surface area contributed by atoms with Crippen molar-refractivity contribution in [1.82, 2.24) is 30.1 Å². The maximum absolute atomic E-state index is 4.66. The molecule has 1 atom stereocenters. The number of nitrogens with one attached hydrogen (secondary N) is 2. The molecule has 7 heteroatoms. The Bertz CT molecular complexity index is 1020. The quantitative estimate of drug-likeness (QED) is 0.596. The molecule has 26 heavy (non-hydrogen) atoms. The normalized spacial score (nSPS) is 17.7. The van der Waals surface area contributed by atoms with Gasteiger partial charge in [0.1, 0.15) is 18.0 Å². The molecule has 0 unspecified atom stereocenters. The van der Waals surface area contributed by atoms with Crippen LogP contribution in [-0.4, -0.2) is 43.2 Å². The lowest BCUT2D eigenvalue weighted by atomic mass is 9.97. The number of H-pyrrole nitrogens is 2. The van der Waals surface area contributed by atoms with Crippen LogP contribution < -0.4 is 4.90 Å². The van der Waals surface area contributed by atoms with Gasteiger partial charge in [0.25, 0.3) is 0 Å². The van der Waals surface area contributed by atoms with Crippen molar-refractivity contribution in [2.45, 2.75) is 18.8 Å². The number of aromatic amines is 2. The van der Waals surface area contributed by atoms with Crippen LogP contribution in [0.15, 0.2) is 49.1 Å². The van der Waals surface area contributed by atoms with Gasteiger partial charge in [-0.1, -0.05) is 30.3 Å². The Labute approximate surface area is 150 Å². The maximum atomic E-state index is 4.66. The average molecular weight is 345 g/mol. The summed E-state index contributed by atoms with van der Waals surface area (Å²) in [6.07, 6.45) is 7.56. The third-order valence-electron chi connectivity index (χ3n) is 5.01. The van der Waals surface area contributed by atoms with Crippen molar-refractivity contribution in [3.63, 3.8) is 0 Å². The van der Waals surface area contributed by atoms with Crippen molar-refractivity contribution >= 4 is 16.9 Å². The highest BCUT2D eigenvalue weighted by Gasteiger charge is 2.26. The van der Waals surface area contributed by atoms with E-state index < -0.39 is 0 Å². The van der Waals surface area contributed by atoms with E-state index in [4.69, 9.17) is 0 Å². The molecule has 3 aromatic heterocycles. The molecule has 1 aliphatic heterocycles. The molecule has 1 saturated heterocycles. The van der Waals surface area contributed by atoms with Crippen molar-refractivity contribution in [3.8, 4) is 11.3 Å². The van der Waals surface area contributed by atoms with Gasteiger partial charge in [0.15, 0.2) is 5.65 Å². The number of benzene rings is 1. The summed E-state index contributed by atoms with van der Waals surface area (Å²) in [6.45, 7) is 1.87. The molecule has 4 aromatic rings. The van der Waals surface area contributed by atoms with Crippen LogP contribution in [0.1, 0.15) is 24.6 Å². The van der Waals surface area contributed by atoms with Crippen LogP contribution in [0.5, 0.6) is 0 Å². The number of fused-ring (bicyclic) bond motifs is 1. The molecule has 0 saturated carbocycles. The summed E-state index contributed by atoms with van der Waals surface area (Å²) in [5.41, 5.74) is 3.01. The monoisotopic (exact) mass is 345 g/mol. The van der Waals surface area contributed by atoms with Crippen LogP contribution in [-0.2, 0) is 0 Å². The minimum absolute atomic E-state index is 0.359. The number of nitrogens with zero attached hydrogens (tertiary/aromatic N) is 5. The van der Waals surface area contributed by atoms with E-state index in [9.17, 15) is 0 Å². The molecule has 1 fully saturated rings. The van der Waals surface area contributed by atoms with Crippen LogP contribution in [0.3, 0.4) is 0 Å². The smallest absolute Gasteiger partial charge is 0.160 e. The van der Waals surface area contributed by atoms with E-state index in [2.05, 4.69) is 47.2 Å². The van der Waals surface area contributed by atoms with Gasteiger partial charge in [-0.05, 0) is 18.4 Å². The Hall–Kier alpha value is -3.22. The number of hydrogen-bond acceptors (Lipinski definition) is 5. The third-order valence-corrected chi connectivity index (χ3v) is 5.01. The van der Waals surface area contributed by atoms with E-state index in [-0.39, 0.29) is 0 Å². The van der Waals surface area contributed by atoms with Crippen LogP contribution in [0.2, 0.25) is 0 Å². The first-order chi connectivity index (χ1) is 12.9. The first-order valence-corrected chi connectivity index (χ1v) is 8.88. The molecule has 0 bridgehead atoms. The minimum atomic E-state index is 0.359. The number of hydrogen-bond donors (Lipinski definition) is 2. The van der Waals surface area contributed by atoms with Gasteiger partial charge in [-0.15, -0.1) is 0 Å². The molecule has 2 N–H and O–H groups in total. The van der Waals surface area contributed by atoms with Crippen LogP contribution in [0.25, 0.3) is 22.3 Å². The molecule has 1 aromatic carbocycles. The van der Waals surface area contributed by atoms with Gasteiger partial charge in [0.2, 0.25) is 0 Å². The number of imidazole rings is 1. The highest BCUT2D eigenvalue weighted by Crippen LogP contribution is 2.31. The lowest BCUT2D eigenvalue weighted by molar-refractivity contribution is 0.492. The number of rotatable bonds is 3. The fourth-order valence-corrected chi connectivity index (χ4v) is 3.71. The van der Waals surface area contributed by atoms with Crippen LogP contribution in [0.4, 0.5) is 5.82 Å². The van der Waals surface area contributed by atoms with E-state index in [1.807, 2.05) is 24.4 Å². The standard InChI is InChI=1S/C19H19N7/c1-2-5-13(6-3-1)16-10-20-17(24-16)14-7-4-8-26(11-14)19-15-9-23-25-18(15)21-12-22-19/h1-3,5-6,9-10,12,14H,4,7-8,11H2,(H,20,24)(H,21,22,23,25)/t14-/m1/s1. The third kappa shape index (κ3) is 2.61. The zero-order valence-electron chi connectivity index (χ0n) is 14.3. The highest BCUT2D eigenvalue weighted by atomic mass is 15.2. The second-order valence-electron chi connectivity index (χ2n) is 6.66. The molecule has 0 amide bonds. The van der Waals surface area contributed by atoms with Crippen molar-refractivity contribution < 1.29 is 0 Å². The van der Waals surface area contributed by atoms with Crippen LogP contribution in [0, 0.1) is 0 Å². The topological polar surface area (TPSA) is 86.4 Å². The van der Waals surface area contributed by atoms with E-state index in [0.717, 1.165) is 59.9 Å². The van der Waals surface area contributed by atoms with Gasteiger partial charge in [-0.3, -0.25) is 5.10 Å². The van der Waals surface area contributed by atoms with Gasteiger partial charge in [0, 0.05) is 19.0 Å². The average Bonchev–Trinajstić information content (AvgIpc) is 3.38. The van der Waals surface area contributed by atoms with Crippen molar-refractivity contribution in [2.24, 2.45) is 0 Å². The second-order valence-corrected chi connectivity index (χ2v) is 6.66. The van der Waals surface area contributed by atoms with E-state index in [0.29, 0.717) is 5.92 Å². The Morgan fingerprint density at radius 3 is 2.88 bits per heavy atom. The van der Waals surface area contributed by atoms with E-state index >= 15 is 0 Å². The SMILES string of the molecule is c1ccc(-c2cnc([C@@H]3CCCN(c4ncnc5[nH]ncc45)C3)[nH]2)cc1. The molecule has 0 aliphatic carbocycles. The van der Waals surface area contributed by atoms with Crippen molar-refractivity contribution in [3.05, 3.63) is 54.9 Å². The summed E-state index contributed by atoms with van der Waals surface area (Å²) in [5, 5.41) is 7.99. The molecule has 130 valence electrons. The number of anilines is 1. The Morgan fingerprint density at radius 1 is 1.04 bits per heavy atom. The van der Waals surface area contributed by atoms with Gasteiger partial charge in [-0.2, -0.15) is 5.10 Å². The van der Waals surface area contributed by atoms with Gasteiger partial charge >= 0.3 is 0 Å². The highest BCUT2D eigenvalue weighted by molar-refractivity contribution is 5.86. The first kappa shape index (κ1) is 15.1. The molecule has 7 nitrogen and oxygen atoms in total. The molecular formula is C19H19N7. The lowest BCUT2D eigenvalue weighted by Gasteiger charge is -2.32. The summed E-state index contributed by atoms with van der Waals surface area (Å²) in [6, 6.07) is 10.3. The van der Waals surface area contributed by atoms with E-state index in [1.54, 1.807) is 12.5 Å². The predicted octanol–water partition coefficient (Wildman–Crippen LogP) is 3.13. The van der Waals surface area contributed by atoms with Crippen molar-refractivity contribution in [1.29, 1.82) is 0 Å². The van der Waals surface area contributed by atoms with E-state index in [1.165, 1.54) is 0 Å². The fourth-order valence-electron chi connectivity index (χ4n) is 3.71. The Kier molecular flexibility index (Phi) is 3.62. The molecule has 1 aliphatic rings. The molecule has 0 spiro atoms. The molecule has 5 rings (SSSR count). The summed E-state index contributed by atoms with van der Waals surface area (Å²) >= 11 is 0. The van der Waals surface area contributed by atoms with Gasteiger partial charge in [0.05, 0.1) is 23.5 Å². The predicted molar refractivity (Wildman–Crippen MR) is 99.9 cm³/mol. The number of aromatic nitrogens is 6. The molecular weight excluding hydrogens is 326 g/mol. The van der Waals surface area contributed by atoms with Crippen molar-refractivity contribution in [2.75, 3.05) is 18.0 Å². The molecule has 4 heterocycles. The Balaban J connectivity index is 1.41. The summed E-state index contributed by atoms with van der Waals surface area (Å²) < 4.78 is 0. The summed E-state index contributed by atoms with van der Waals surface area (Å²) in [7, 11) is 0. The summed E-state index contributed by atoms with van der Waals surface area (Å²) in [4.78, 5) is 19.2. The fraction of sp³-hybridized carbons (Fsp3) is 0.263. The largest absolute Gasteiger partial charge is 0.355 e. The minimum Gasteiger partial charge on any atom is -0.355 e. The zero-order chi connectivity index (χ0) is 17.3. The van der Waals surface area contributed by atoms with Gasteiger partial charge in [-0.25, -0.2) is 15.0 Å². The molecule has 0 radical (unpaired) electrons. The first-order valence-electron chi connectivity index (χ1n) is 8.88. The maximum Gasteiger partial charge on any atom is 0.160 e. The van der Waals surface area contributed by atoms with Crippen LogP contribution >= 0.6 is 0 Å². The summed E-state index contributed by atoms with van der Waals surface area (Å²) in [5.74, 6) is 2.35. The zero-order valence-corrected chi connectivity index (χ0v) is 14.3. The lowest BCUT2D eigenvalue weighted by Crippen LogP contribution is -2.35. The number of piperidine rings is 1. The second kappa shape index (κ2) is 6.25. The Morgan fingerprint density at radius 2 is 1.96 bits per heavy atom. The van der Waals surface area contributed by atoms with Gasteiger partial charge < -0.3 is 9.88 Å².